The number of hydroxylamine groups is 1. The molecule has 2 rings (SSSR count). The normalized spacial score (nSPS) is 10.8. The zero-order valence-corrected chi connectivity index (χ0v) is 8.62. The van der Waals surface area contributed by atoms with Gasteiger partial charge in [0.25, 0.3) is 0 Å². The fraction of sp³-hybridized carbons (Fsp3) is 0.0909. The SMILES string of the molecule is ONCc1c(O)ccc2cc(Cl)ccc12. The molecular weight excluding hydrogens is 214 g/mol. The standard InChI is InChI=1S/C11H10ClNO2/c12-8-2-3-9-7(5-8)1-4-11(14)10(9)6-13-15/h1-5,13-15H,6H2. The summed E-state index contributed by atoms with van der Waals surface area (Å²) in [6, 6.07) is 8.77. The highest BCUT2D eigenvalue weighted by atomic mass is 35.5. The number of phenols is 1. The number of aromatic hydroxyl groups is 1. The van der Waals surface area contributed by atoms with Crippen molar-refractivity contribution >= 4 is 22.4 Å². The lowest BCUT2D eigenvalue weighted by atomic mass is 10.0. The van der Waals surface area contributed by atoms with E-state index in [2.05, 4.69) is 0 Å². The molecule has 0 aliphatic carbocycles. The molecule has 3 N–H and O–H groups in total. The van der Waals surface area contributed by atoms with Gasteiger partial charge < -0.3 is 10.3 Å². The Morgan fingerprint density at radius 3 is 2.73 bits per heavy atom. The molecule has 0 saturated carbocycles. The van der Waals surface area contributed by atoms with Crippen molar-refractivity contribution in [1.29, 1.82) is 0 Å². The van der Waals surface area contributed by atoms with Gasteiger partial charge in [0.15, 0.2) is 0 Å². The molecule has 78 valence electrons. The number of phenolic OH excluding ortho intramolecular Hbond substituents is 1. The van der Waals surface area contributed by atoms with Crippen LogP contribution in [0.15, 0.2) is 30.3 Å². The minimum absolute atomic E-state index is 0.159. The van der Waals surface area contributed by atoms with Crippen LogP contribution in [0.2, 0.25) is 5.02 Å². The molecule has 4 heteroatoms. The van der Waals surface area contributed by atoms with Gasteiger partial charge in [0.2, 0.25) is 0 Å². The molecular formula is C11H10ClNO2. The molecule has 15 heavy (non-hydrogen) atoms. The highest BCUT2D eigenvalue weighted by Gasteiger charge is 2.06. The number of nitrogens with one attached hydrogen (secondary N) is 1. The molecule has 0 unspecified atom stereocenters. The first-order valence-corrected chi connectivity index (χ1v) is 4.87. The first-order chi connectivity index (χ1) is 7.22. The topological polar surface area (TPSA) is 52.5 Å². The lowest BCUT2D eigenvalue weighted by Crippen LogP contribution is -2.06. The maximum absolute atomic E-state index is 9.62. The summed E-state index contributed by atoms with van der Waals surface area (Å²) >= 11 is 5.86. The third kappa shape index (κ3) is 1.90. The van der Waals surface area contributed by atoms with Gasteiger partial charge in [-0.2, -0.15) is 0 Å². The lowest BCUT2D eigenvalue weighted by Gasteiger charge is -2.08. The first-order valence-electron chi connectivity index (χ1n) is 4.49. The van der Waals surface area contributed by atoms with Crippen molar-refractivity contribution < 1.29 is 10.3 Å². The predicted octanol–water partition coefficient (Wildman–Crippen LogP) is 2.68. The smallest absolute Gasteiger partial charge is 0.120 e. The molecule has 0 aliphatic rings. The van der Waals surface area contributed by atoms with Crippen LogP contribution >= 0.6 is 11.6 Å². The molecule has 0 aliphatic heterocycles. The molecule has 2 aromatic carbocycles. The maximum atomic E-state index is 9.62. The summed E-state index contributed by atoms with van der Waals surface area (Å²) in [7, 11) is 0. The zero-order chi connectivity index (χ0) is 10.8. The van der Waals surface area contributed by atoms with Crippen molar-refractivity contribution in [2.24, 2.45) is 0 Å². The second kappa shape index (κ2) is 4.06. The number of rotatable bonds is 2. The van der Waals surface area contributed by atoms with Gasteiger partial charge in [-0.3, -0.25) is 0 Å². The van der Waals surface area contributed by atoms with Crippen molar-refractivity contribution in [1.82, 2.24) is 5.48 Å². The number of halogens is 1. The van der Waals surface area contributed by atoms with Gasteiger partial charge in [-0.25, -0.2) is 5.48 Å². The quantitative estimate of drug-likeness (QED) is 0.686. The Kier molecular flexibility index (Phi) is 2.77. The Morgan fingerprint density at radius 1 is 1.20 bits per heavy atom. The van der Waals surface area contributed by atoms with E-state index in [0.717, 1.165) is 10.8 Å². The molecule has 0 bridgehead atoms. The lowest BCUT2D eigenvalue weighted by molar-refractivity contribution is 0.160. The highest BCUT2D eigenvalue weighted by molar-refractivity contribution is 6.31. The monoisotopic (exact) mass is 223 g/mol. The average molecular weight is 224 g/mol. The Bertz CT molecular complexity index is 499. The van der Waals surface area contributed by atoms with Crippen LogP contribution in [0.25, 0.3) is 10.8 Å². The number of fused-ring (bicyclic) bond motifs is 1. The molecule has 0 aromatic heterocycles. The van der Waals surface area contributed by atoms with E-state index in [1.165, 1.54) is 0 Å². The van der Waals surface area contributed by atoms with Crippen LogP contribution in [0.4, 0.5) is 0 Å². The number of hydrogen-bond donors (Lipinski definition) is 3. The van der Waals surface area contributed by atoms with Gasteiger partial charge in [0, 0.05) is 10.6 Å². The van der Waals surface area contributed by atoms with Gasteiger partial charge in [0.05, 0.1) is 6.54 Å². The number of hydrogen-bond acceptors (Lipinski definition) is 3. The van der Waals surface area contributed by atoms with E-state index in [1.54, 1.807) is 18.2 Å². The van der Waals surface area contributed by atoms with Crippen molar-refractivity contribution in [3.8, 4) is 5.75 Å². The first kappa shape index (κ1) is 10.2. The van der Waals surface area contributed by atoms with Crippen LogP contribution in [-0.2, 0) is 6.54 Å². The van der Waals surface area contributed by atoms with Crippen molar-refractivity contribution in [2.45, 2.75) is 6.54 Å². The second-order valence-electron chi connectivity index (χ2n) is 3.26. The minimum atomic E-state index is 0.159. The van der Waals surface area contributed by atoms with Crippen LogP contribution in [0.1, 0.15) is 5.56 Å². The van der Waals surface area contributed by atoms with Crippen LogP contribution in [0.3, 0.4) is 0 Å². The zero-order valence-electron chi connectivity index (χ0n) is 7.87. The molecule has 0 fully saturated rings. The largest absolute Gasteiger partial charge is 0.508 e. The van der Waals surface area contributed by atoms with E-state index < -0.39 is 0 Å². The second-order valence-corrected chi connectivity index (χ2v) is 3.70. The van der Waals surface area contributed by atoms with Crippen molar-refractivity contribution in [3.63, 3.8) is 0 Å². The van der Waals surface area contributed by atoms with Gasteiger partial charge in [-0.05, 0) is 29.0 Å². The summed E-state index contributed by atoms with van der Waals surface area (Å²) in [5, 5.41) is 20.8. The van der Waals surface area contributed by atoms with Crippen LogP contribution in [0.5, 0.6) is 5.75 Å². The van der Waals surface area contributed by atoms with Gasteiger partial charge >= 0.3 is 0 Å². The average Bonchev–Trinajstić information content (AvgIpc) is 2.22. The summed E-state index contributed by atoms with van der Waals surface area (Å²) in [5.74, 6) is 0.159. The van der Waals surface area contributed by atoms with Gasteiger partial charge in [-0.1, -0.05) is 23.7 Å². The summed E-state index contributed by atoms with van der Waals surface area (Å²) in [6.07, 6.45) is 0. The molecule has 0 spiro atoms. The van der Waals surface area contributed by atoms with Crippen LogP contribution < -0.4 is 5.48 Å². The molecule has 2 aromatic rings. The van der Waals surface area contributed by atoms with Gasteiger partial charge in [-0.15, -0.1) is 0 Å². The fourth-order valence-electron chi connectivity index (χ4n) is 1.62. The Hall–Kier alpha value is -1.29. The Labute approximate surface area is 91.9 Å². The summed E-state index contributed by atoms with van der Waals surface area (Å²) in [6.45, 7) is 0.199. The summed E-state index contributed by atoms with van der Waals surface area (Å²) in [5.41, 5.74) is 2.70. The maximum Gasteiger partial charge on any atom is 0.120 e. The molecule has 0 atom stereocenters. The third-order valence-corrected chi connectivity index (χ3v) is 2.56. The molecule has 0 heterocycles. The van der Waals surface area contributed by atoms with E-state index in [-0.39, 0.29) is 12.3 Å². The Balaban J connectivity index is 2.70. The highest BCUT2D eigenvalue weighted by Crippen LogP contribution is 2.28. The van der Waals surface area contributed by atoms with E-state index in [0.29, 0.717) is 10.6 Å². The van der Waals surface area contributed by atoms with E-state index in [1.807, 2.05) is 17.6 Å². The third-order valence-electron chi connectivity index (χ3n) is 2.32. The molecule has 0 radical (unpaired) electrons. The molecule has 0 amide bonds. The summed E-state index contributed by atoms with van der Waals surface area (Å²) < 4.78 is 0. The van der Waals surface area contributed by atoms with E-state index in [9.17, 15) is 5.11 Å². The minimum Gasteiger partial charge on any atom is -0.508 e. The molecule has 0 saturated heterocycles. The van der Waals surface area contributed by atoms with Gasteiger partial charge in [0.1, 0.15) is 5.75 Å². The van der Waals surface area contributed by atoms with Crippen LogP contribution in [0, 0.1) is 0 Å². The van der Waals surface area contributed by atoms with Crippen LogP contribution in [-0.4, -0.2) is 10.3 Å². The fourth-order valence-corrected chi connectivity index (χ4v) is 1.80. The number of benzene rings is 2. The predicted molar refractivity (Wildman–Crippen MR) is 59.2 cm³/mol. The van der Waals surface area contributed by atoms with Crippen molar-refractivity contribution in [2.75, 3.05) is 0 Å². The van der Waals surface area contributed by atoms with Crippen molar-refractivity contribution in [3.05, 3.63) is 40.9 Å². The van der Waals surface area contributed by atoms with E-state index in [4.69, 9.17) is 16.8 Å². The Morgan fingerprint density at radius 2 is 2.00 bits per heavy atom. The van der Waals surface area contributed by atoms with E-state index >= 15 is 0 Å². The summed E-state index contributed by atoms with van der Waals surface area (Å²) in [4.78, 5) is 0. The molecule has 3 nitrogen and oxygen atoms in total.